The Hall–Kier alpha value is -0.170. The number of rotatable bonds is 4. The Morgan fingerprint density at radius 1 is 1.64 bits per heavy atom. The van der Waals surface area contributed by atoms with Crippen LogP contribution in [0.25, 0.3) is 0 Å². The van der Waals surface area contributed by atoms with Crippen molar-refractivity contribution in [2.45, 2.75) is 18.6 Å². The van der Waals surface area contributed by atoms with Crippen LogP contribution in [-0.2, 0) is 10.0 Å². The van der Waals surface area contributed by atoms with Gasteiger partial charge in [0.05, 0.1) is 5.25 Å². The van der Waals surface area contributed by atoms with Crippen LogP contribution in [0.3, 0.4) is 0 Å². The molecule has 0 saturated carbocycles. The van der Waals surface area contributed by atoms with Gasteiger partial charge in [-0.05, 0) is 19.3 Å². The van der Waals surface area contributed by atoms with E-state index in [0.717, 1.165) is 6.42 Å². The monoisotopic (exact) mass is 222 g/mol. The Morgan fingerprint density at radius 3 is 2.71 bits per heavy atom. The van der Waals surface area contributed by atoms with E-state index in [4.69, 9.17) is 10.8 Å². The molecule has 1 saturated heterocycles. The molecule has 3 N–H and O–H groups in total. The van der Waals surface area contributed by atoms with Gasteiger partial charge in [-0.1, -0.05) is 0 Å². The van der Waals surface area contributed by atoms with E-state index >= 15 is 0 Å². The standard InChI is InChI=1S/C8H18N2O3S/c1-7(4-9)14(12,13)10-3-2-8(5-10)6-11/h7-8,11H,2-6,9H2,1H3. The topological polar surface area (TPSA) is 83.6 Å². The Kier molecular flexibility index (Phi) is 3.88. The SMILES string of the molecule is CC(CN)S(=O)(=O)N1CCC(CO)C1. The molecule has 14 heavy (non-hydrogen) atoms. The van der Waals surface area contributed by atoms with Crippen molar-refractivity contribution in [3.63, 3.8) is 0 Å². The quantitative estimate of drug-likeness (QED) is 0.637. The van der Waals surface area contributed by atoms with E-state index in [-0.39, 0.29) is 19.1 Å². The predicted molar refractivity (Wildman–Crippen MR) is 54.2 cm³/mol. The highest BCUT2D eigenvalue weighted by molar-refractivity contribution is 7.89. The molecule has 0 aromatic rings. The van der Waals surface area contributed by atoms with Crippen molar-refractivity contribution in [3.8, 4) is 0 Å². The molecule has 1 aliphatic heterocycles. The van der Waals surface area contributed by atoms with Crippen LogP contribution < -0.4 is 5.73 Å². The number of hydrogen-bond acceptors (Lipinski definition) is 4. The minimum atomic E-state index is -3.23. The van der Waals surface area contributed by atoms with E-state index < -0.39 is 15.3 Å². The highest BCUT2D eigenvalue weighted by atomic mass is 32.2. The molecule has 2 unspecified atom stereocenters. The molecule has 5 nitrogen and oxygen atoms in total. The molecule has 0 radical (unpaired) electrons. The first kappa shape index (κ1) is 11.9. The molecule has 0 bridgehead atoms. The van der Waals surface area contributed by atoms with Crippen molar-refractivity contribution >= 4 is 10.0 Å². The zero-order valence-electron chi connectivity index (χ0n) is 8.39. The van der Waals surface area contributed by atoms with Crippen molar-refractivity contribution < 1.29 is 13.5 Å². The number of hydrogen-bond donors (Lipinski definition) is 2. The van der Waals surface area contributed by atoms with Crippen LogP contribution in [0.5, 0.6) is 0 Å². The summed E-state index contributed by atoms with van der Waals surface area (Å²) in [6.07, 6.45) is 0.743. The molecule has 2 atom stereocenters. The first-order chi connectivity index (χ1) is 6.52. The van der Waals surface area contributed by atoms with E-state index in [2.05, 4.69) is 0 Å². The third-order valence-corrected chi connectivity index (χ3v) is 4.97. The molecule has 0 aromatic heterocycles. The van der Waals surface area contributed by atoms with Gasteiger partial charge < -0.3 is 10.8 Å². The van der Waals surface area contributed by atoms with Crippen LogP contribution in [-0.4, -0.2) is 49.3 Å². The molecule has 0 aromatic carbocycles. The number of nitrogens with zero attached hydrogens (tertiary/aromatic N) is 1. The van der Waals surface area contributed by atoms with Crippen LogP contribution in [0.2, 0.25) is 0 Å². The molecule has 0 spiro atoms. The maximum atomic E-state index is 11.8. The largest absolute Gasteiger partial charge is 0.396 e. The van der Waals surface area contributed by atoms with Gasteiger partial charge in [0.15, 0.2) is 0 Å². The second-order valence-corrected chi connectivity index (χ2v) is 6.14. The average molecular weight is 222 g/mol. The number of aliphatic hydroxyl groups excluding tert-OH is 1. The Labute approximate surface area is 84.9 Å². The molecule has 1 rings (SSSR count). The summed E-state index contributed by atoms with van der Waals surface area (Å²) in [7, 11) is -3.23. The molecule has 1 aliphatic rings. The summed E-state index contributed by atoms with van der Waals surface area (Å²) in [5.41, 5.74) is 5.34. The van der Waals surface area contributed by atoms with Gasteiger partial charge in [-0.15, -0.1) is 0 Å². The van der Waals surface area contributed by atoms with Crippen LogP contribution in [0.4, 0.5) is 0 Å². The smallest absolute Gasteiger partial charge is 0.217 e. The van der Waals surface area contributed by atoms with Crippen LogP contribution in [0.1, 0.15) is 13.3 Å². The van der Waals surface area contributed by atoms with E-state index in [1.807, 2.05) is 0 Å². The van der Waals surface area contributed by atoms with E-state index in [1.54, 1.807) is 6.92 Å². The van der Waals surface area contributed by atoms with Crippen molar-refractivity contribution in [1.29, 1.82) is 0 Å². The second kappa shape index (κ2) is 4.57. The van der Waals surface area contributed by atoms with E-state index in [9.17, 15) is 8.42 Å². The Bertz CT molecular complexity index is 278. The lowest BCUT2D eigenvalue weighted by molar-refractivity contribution is 0.233. The zero-order chi connectivity index (χ0) is 10.8. The molecule has 84 valence electrons. The normalized spacial score (nSPS) is 26.6. The lowest BCUT2D eigenvalue weighted by atomic mass is 10.1. The summed E-state index contributed by atoms with van der Waals surface area (Å²) in [5.74, 6) is 0.0924. The molecule has 6 heteroatoms. The molecular formula is C8H18N2O3S. The van der Waals surface area contributed by atoms with Crippen molar-refractivity contribution in [2.24, 2.45) is 11.7 Å². The number of sulfonamides is 1. The van der Waals surface area contributed by atoms with E-state index in [1.165, 1.54) is 4.31 Å². The summed E-state index contributed by atoms with van der Waals surface area (Å²) < 4.78 is 25.0. The van der Waals surface area contributed by atoms with Gasteiger partial charge >= 0.3 is 0 Å². The second-order valence-electron chi connectivity index (χ2n) is 3.79. The van der Waals surface area contributed by atoms with Gasteiger partial charge in [-0.2, -0.15) is 0 Å². The van der Waals surface area contributed by atoms with Gasteiger partial charge in [0.1, 0.15) is 0 Å². The molecule has 1 fully saturated rings. The van der Waals surface area contributed by atoms with Gasteiger partial charge in [-0.25, -0.2) is 12.7 Å². The van der Waals surface area contributed by atoms with Gasteiger partial charge in [0.25, 0.3) is 0 Å². The minimum Gasteiger partial charge on any atom is -0.396 e. The molecular weight excluding hydrogens is 204 g/mol. The molecule has 1 heterocycles. The maximum Gasteiger partial charge on any atom is 0.217 e. The highest BCUT2D eigenvalue weighted by Gasteiger charge is 2.33. The summed E-state index contributed by atoms with van der Waals surface area (Å²) >= 11 is 0. The third kappa shape index (κ3) is 2.25. The lowest BCUT2D eigenvalue weighted by Gasteiger charge is -2.20. The third-order valence-electron chi connectivity index (χ3n) is 2.71. The fourth-order valence-corrected chi connectivity index (χ4v) is 3.08. The number of nitrogens with two attached hydrogens (primary N) is 1. The summed E-state index contributed by atoms with van der Waals surface area (Å²) in [6.45, 7) is 2.76. The fourth-order valence-electron chi connectivity index (χ4n) is 1.55. The summed E-state index contributed by atoms with van der Waals surface area (Å²) in [6, 6.07) is 0. The van der Waals surface area contributed by atoms with E-state index in [0.29, 0.717) is 13.1 Å². The Morgan fingerprint density at radius 2 is 2.29 bits per heavy atom. The van der Waals surface area contributed by atoms with Gasteiger partial charge in [0, 0.05) is 26.2 Å². The van der Waals surface area contributed by atoms with Crippen LogP contribution in [0.15, 0.2) is 0 Å². The van der Waals surface area contributed by atoms with Crippen LogP contribution in [0, 0.1) is 5.92 Å². The number of aliphatic hydroxyl groups is 1. The first-order valence-corrected chi connectivity index (χ1v) is 6.32. The lowest BCUT2D eigenvalue weighted by Crippen LogP contribution is -2.39. The summed E-state index contributed by atoms with van der Waals surface area (Å²) in [4.78, 5) is 0. The maximum absolute atomic E-state index is 11.8. The zero-order valence-corrected chi connectivity index (χ0v) is 9.20. The van der Waals surface area contributed by atoms with Gasteiger partial charge in [0.2, 0.25) is 10.0 Å². The van der Waals surface area contributed by atoms with Crippen LogP contribution >= 0.6 is 0 Å². The average Bonchev–Trinajstić information content (AvgIpc) is 2.65. The van der Waals surface area contributed by atoms with Crippen molar-refractivity contribution in [1.82, 2.24) is 4.31 Å². The predicted octanol–water partition coefficient (Wildman–Crippen LogP) is -1.02. The Balaban J connectivity index is 2.66. The molecule has 0 aliphatic carbocycles. The van der Waals surface area contributed by atoms with Gasteiger partial charge in [-0.3, -0.25) is 0 Å². The van der Waals surface area contributed by atoms with Crippen molar-refractivity contribution in [2.75, 3.05) is 26.2 Å². The minimum absolute atomic E-state index is 0.0586. The first-order valence-electron chi connectivity index (χ1n) is 4.82. The summed E-state index contributed by atoms with van der Waals surface area (Å²) in [5, 5.41) is 8.37. The van der Waals surface area contributed by atoms with Crippen molar-refractivity contribution in [3.05, 3.63) is 0 Å². The highest BCUT2D eigenvalue weighted by Crippen LogP contribution is 2.20. The molecule has 0 amide bonds. The fraction of sp³-hybridized carbons (Fsp3) is 1.00.